The minimum atomic E-state index is -1.05. The number of carbonyl (C=O) groups excluding carboxylic acids is 2. The number of nitrogens with one attached hydrogen (secondary N) is 1. The average molecular weight is 580 g/mol. The number of amides is 2. The van der Waals surface area contributed by atoms with E-state index in [1.54, 1.807) is 43.8 Å². The second kappa shape index (κ2) is 13.0. The van der Waals surface area contributed by atoms with Crippen LogP contribution in [-0.4, -0.2) is 65.0 Å². The molecule has 2 heterocycles. The number of hydrogen-bond donors (Lipinski definition) is 1. The molecule has 5 aromatic rings. The molecule has 220 valence electrons. The lowest BCUT2D eigenvalue weighted by molar-refractivity contribution is -0.140. The van der Waals surface area contributed by atoms with E-state index in [2.05, 4.69) is 20.6 Å². The van der Waals surface area contributed by atoms with Crippen LogP contribution in [0.2, 0.25) is 0 Å². The number of benzene rings is 3. The van der Waals surface area contributed by atoms with Crippen LogP contribution >= 0.6 is 0 Å². The normalized spacial score (nSPS) is 11.5. The number of nitrogens with zero attached hydrogens (tertiary/aromatic N) is 6. The van der Waals surface area contributed by atoms with Crippen molar-refractivity contribution < 1.29 is 19.1 Å². The van der Waals surface area contributed by atoms with E-state index in [1.807, 2.05) is 73.6 Å². The Balaban J connectivity index is 1.57. The summed E-state index contributed by atoms with van der Waals surface area (Å²) in [5.41, 5.74) is 4.27. The lowest BCUT2D eigenvalue weighted by atomic mass is 10.0. The minimum absolute atomic E-state index is 0.116. The topological polar surface area (TPSA) is 115 Å². The molecule has 0 saturated carbocycles. The summed E-state index contributed by atoms with van der Waals surface area (Å²) in [7, 11) is 6.96. The van der Waals surface area contributed by atoms with Gasteiger partial charge >= 0.3 is 0 Å². The summed E-state index contributed by atoms with van der Waals surface area (Å²) >= 11 is 0. The highest BCUT2D eigenvalue weighted by atomic mass is 16.5. The number of ether oxygens (including phenoxy) is 2. The molecule has 0 fully saturated rings. The zero-order valence-corrected chi connectivity index (χ0v) is 24.5. The zero-order chi connectivity index (χ0) is 30.3. The molecule has 2 aromatic heterocycles. The zero-order valence-electron chi connectivity index (χ0n) is 24.5. The van der Waals surface area contributed by atoms with Crippen LogP contribution < -0.4 is 19.7 Å². The number of fused-ring (bicyclic) bond motifs is 1. The number of carbonyl (C=O) groups is 2. The number of methoxy groups -OCH3 is 2. The first-order chi connectivity index (χ1) is 20.9. The largest absolute Gasteiger partial charge is 0.493 e. The van der Waals surface area contributed by atoms with E-state index in [0.29, 0.717) is 33.8 Å². The molecule has 0 aliphatic carbocycles. The predicted molar refractivity (Wildman–Crippen MR) is 164 cm³/mol. The smallest absolute Gasteiger partial charge is 0.251 e. The van der Waals surface area contributed by atoms with E-state index in [-0.39, 0.29) is 19.0 Å². The molecule has 43 heavy (non-hydrogen) atoms. The molecular weight excluding hydrogens is 546 g/mol. The van der Waals surface area contributed by atoms with Crippen LogP contribution in [0.15, 0.2) is 91.3 Å². The average Bonchev–Trinajstić information content (AvgIpc) is 3.43. The van der Waals surface area contributed by atoms with E-state index >= 15 is 0 Å². The molecule has 0 aliphatic rings. The monoisotopic (exact) mass is 579 g/mol. The van der Waals surface area contributed by atoms with Gasteiger partial charge < -0.3 is 24.6 Å². The second-order valence-corrected chi connectivity index (χ2v) is 10.1. The Kier molecular flexibility index (Phi) is 8.80. The van der Waals surface area contributed by atoms with Gasteiger partial charge in [0.1, 0.15) is 18.1 Å². The molecule has 11 heteroatoms. The van der Waals surface area contributed by atoms with Crippen LogP contribution in [0, 0.1) is 0 Å². The minimum Gasteiger partial charge on any atom is -0.493 e. The third-order valence-corrected chi connectivity index (χ3v) is 7.04. The van der Waals surface area contributed by atoms with Gasteiger partial charge in [0, 0.05) is 44.4 Å². The van der Waals surface area contributed by atoms with Crippen LogP contribution in [-0.2, 0) is 22.7 Å². The number of rotatable bonds is 11. The first-order valence-electron chi connectivity index (χ1n) is 13.6. The van der Waals surface area contributed by atoms with E-state index in [4.69, 9.17) is 9.47 Å². The molecule has 11 nitrogen and oxygen atoms in total. The van der Waals surface area contributed by atoms with Crippen molar-refractivity contribution >= 4 is 34.2 Å². The highest BCUT2D eigenvalue weighted by Crippen LogP contribution is 2.34. The van der Waals surface area contributed by atoms with Gasteiger partial charge in [0.05, 0.1) is 19.7 Å². The predicted octanol–water partition coefficient (Wildman–Crippen LogP) is 4.32. The van der Waals surface area contributed by atoms with Crippen molar-refractivity contribution in [3.63, 3.8) is 0 Å². The summed E-state index contributed by atoms with van der Waals surface area (Å²) in [6, 6.07) is 22.7. The van der Waals surface area contributed by atoms with Crippen molar-refractivity contribution in [2.45, 2.75) is 19.1 Å². The first-order valence-corrected chi connectivity index (χ1v) is 13.6. The van der Waals surface area contributed by atoms with Gasteiger partial charge in [-0.15, -0.1) is 5.10 Å². The number of para-hydroxylation sites is 1. The Morgan fingerprint density at radius 1 is 0.930 bits per heavy atom. The highest BCUT2D eigenvalue weighted by molar-refractivity contribution is 5.98. The first kappa shape index (κ1) is 29.1. The Bertz CT molecular complexity index is 1700. The van der Waals surface area contributed by atoms with E-state index in [0.717, 1.165) is 11.3 Å². The van der Waals surface area contributed by atoms with Gasteiger partial charge in [-0.2, -0.15) is 0 Å². The molecular formula is C32H33N7O4. The van der Waals surface area contributed by atoms with Gasteiger partial charge in [-0.05, 0) is 65.7 Å². The standard InChI is InChI=1S/C32H33N7O4/c1-37(2)25-14-12-24(13-15-25)34-32(41)31(23-11-16-28(42-3)29(18-23)43-4)38(20-22-8-7-17-33-19-22)30(40)21-39-27-10-6-5-9-26(27)35-36-39/h5-19,31H,20-21H2,1-4H3,(H,34,41)/t31-/m0/s1. The molecule has 0 spiro atoms. The third kappa shape index (κ3) is 6.56. The summed E-state index contributed by atoms with van der Waals surface area (Å²) in [5, 5.41) is 11.4. The maximum atomic E-state index is 14.2. The second-order valence-electron chi connectivity index (χ2n) is 10.1. The van der Waals surface area contributed by atoms with Crippen LogP contribution in [0.1, 0.15) is 17.2 Å². The van der Waals surface area contributed by atoms with Gasteiger partial charge in [0.25, 0.3) is 5.91 Å². The summed E-state index contributed by atoms with van der Waals surface area (Å²) in [4.78, 5) is 36.1. The van der Waals surface area contributed by atoms with Crippen molar-refractivity contribution in [3.8, 4) is 11.5 Å². The van der Waals surface area contributed by atoms with E-state index in [1.165, 1.54) is 16.7 Å². The van der Waals surface area contributed by atoms with Crippen molar-refractivity contribution in [2.75, 3.05) is 38.5 Å². The highest BCUT2D eigenvalue weighted by Gasteiger charge is 2.33. The van der Waals surface area contributed by atoms with Gasteiger partial charge in [0.2, 0.25) is 5.91 Å². The summed E-state index contributed by atoms with van der Waals surface area (Å²) in [5.74, 6) is 0.205. The molecule has 2 amide bonds. The maximum Gasteiger partial charge on any atom is 0.251 e. The maximum absolute atomic E-state index is 14.2. The third-order valence-electron chi connectivity index (χ3n) is 7.04. The SMILES string of the molecule is COc1ccc([C@@H](C(=O)Nc2ccc(N(C)C)cc2)N(Cc2cccnc2)C(=O)Cn2nnc3ccccc32)cc1OC. The lowest BCUT2D eigenvalue weighted by Crippen LogP contribution is -2.42. The van der Waals surface area contributed by atoms with Crippen molar-refractivity contribution in [1.82, 2.24) is 24.9 Å². The Morgan fingerprint density at radius 2 is 1.70 bits per heavy atom. The Labute approximate surface area is 249 Å². The molecule has 0 unspecified atom stereocenters. The molecule has 0 saturated heterocycles. The number of aromatic nitrogens is 4. The quantitative estimate of drug-likeness (QED) is 0.246. The molecule has 5 rings (SSSR count). The van der Waals surface area contributed by atoms with Crippen LogP contribution in [0.4, 0.5) is 11.4 Å². The number of hydrogen-bond acceptors (Lipinski definition) is 8. The fourth-order valence-electron chi connectivity index (χ4n) is 4.81. The lowest BCUT2D eigenvalue weighted by Gasteiger charge is -2.32. The molecule has 0 radical (unpaired) electrons. The summed E-state index contributed by atoms with van der Waals surface area (Å²) < 4.78 is 12.5. The van der Waals surface area contributed by atoms with E-state index < -0.39 is 11.9 Å². The fourth-order valence-corrected chi connectivity index (χ4v) is 4.81. The Hall–Kier alpha value is -5.45. The van der Waals surface area contributed by atoms with Crippen LogP contribution in [0.3, 0.4) is 0 Å². The summed E-state index contributed by atoms with van der Waals surface area (Å²) in [6.07, 6.45) is 3.34. The van der Waals surface area contributed by atoms with Gasteiger partial charge in [-0.3, -0.25) is 14.6 Å². The molecule has 0 aliphatic heterocycles. The van der Waals surface area contributed by atoms with E-state index in [9.17, 15) is 9.59 Å². The van der Waals surface area contributed by atoms with Crippen molar-refractivity contribution in [3.05, 3.63) is 102 Å². The van der Waals surface area contributed by atoms with Gasteiger partial charge in [-0.1, -0.05) is 29.5 Å². The van der Waals surface area contributed by atoms with Crippen molar-refractivity contribution in [2.24, 2.45) is 0 Å². The van der Waals surface area contributed by atoms with Crippen molar-refractivity contribution in [1.29, 1.82) is 0 Å². The van der Waals surface area contributed by atoms with Gasteiger partial charge in [-0.25, -0.2) is 4.68 Å². The Morgan fingerprint density at radius 3 is 2.40 bits per heavy atom. The van der Waals surface area contributed by atoms with Gasteiger partial charge in [0.15, 0.2) is 11.5 Å². The molecule has 1 N–H and O–H groups in total. The number of anilines is 2. The van der Waals surface area contributed by atoms with Crippen LogP contribution in [0.25, 0.3) is 11.0 Å². The number of pyridine rings is 1. The van der Waals surface area contributed by atoms with Crippen LogP contribution in [0.5, 0.6) is 11.5 Å². The molecule has 1 atom stereocenters. The molecule has 0 bridgehead atoms. The fraction of sp³-hybridized carbons (Fsp3) is 0.219. The molecule has 3 aromatic carbocycles. The summed E-state index contributed by atoms with van der Waals surface area (Å²) in [6.45, 7) is -0.0132.